The van der Waals surface area contributed by atoms with Crippen molar-refractivity contribution in [1.82, 2.24) is 15.6 Å². The molecule has 1 fully saturated rings. The number of hydrogen-bond donors (Lipinski definition) is 3. The molecule has 0 saturated heterocycles. The van der Waals surface area contributed by atoms with E-state index in [0.29, 0.717) is 5.69 Å². The molecule has 8 nitrogen and oxygen atoms in total. The average Bonchev–Trinajstić information content (AvgIpc) is 3.22. The molecule has 1 saturated carbocycles. The van der Waals surface area contributed by atoms with E-state index in [1.54, 1.807) is 19.1 Å². The highest BCUT2D eigenvalue weighted by Crippen LogP contribution is 2.31. The first-order valence-electron chi connectivity index (χ1n) is 10.7. The van der Waals surface area contributed by atoms with E-state index in [4.69, 9.17) is 16.3 Å². The summed E-state index contributed by atoms with van der Waals surface area (Å²) in [5, 5.41) is 8.73. The van der Waals surface area contributed by atoms with Gasteiger partial charge in [0.1, 0.15) is 0 Å². The molecule has 31 heavy (non-hydrogen) atoms. The van der Waals surface area contributed by atoms with Gasteiger partial charge in [-0.3, -0.25) is 14.9 Å². The number of pyridine rings is 1. The molecule has 1 heterocycles. The van der Waals surface area contributed by atoms with Gasteiger partial charge in [-0.15, -0.1) is 0 Å². The zero-order valence-electron chi connectivity index (χ0n) is 18.7. The summed E-state index contributed by atoms with van der Waals surface area (Å²) < 4.78 is 4.99. The van der Waals surface area contributed by atoms with Crippen molar-refractivity contribution in [3.63, 3.8) is 0 Å². The second-order valence-electron chi connectivity index (χ2n) is 8.85. The summed E-state index contributed by atoms with van der Waals surface area (Å²) in [7, 11) is 0. The van der Waals surface area contributed by atoms with E-state index >= 15 is 0 Å². The van der Waals surface area contributed by atoms with Crippen LogP contribution in [0.1, 0.15) is 53.4 Å². The topological polar surface area (TPSA) is 109 Å². The third-order valence-electron chi connectivity index (χ3n) is 5.38. The zero-order chi connectivity index (χ0) is 23.0. The van der Waals surface area contributed by atoms with Crippen LogP contribution in [0.2, 0.25) is 5.15 Å². The largest absolute Gasteiger partial charge is 0.465 e. The SMILES string of the molecule is CCOC(=O)CNC(C(=O)[C@@H](NC(=O)Nc1cccnc1Cl)C(C)(C)C)C1CCCC1. The maximum atomic E-state index is 13.6. The highest BCUT2D eigenvalue weighted by Gasteiger charge is 2.40. The lowest BCUT2D eigenvalue weighted by atomic mass is 9.79. The lowest BCUT2D eigenvalue weighted by Gasteiger charge is -2.35. The van der Waals surface area contributed by atoms with Gasteiger partial charge in [0.2, 0.25) is 0 Å². The van der Waals surface area contributed by atoms with Crippen LogP contribution in [0.25, 0.3) is 0 Å². The van der Waals surface area contributed by atoms with Crippen LogP contribution in [0.3, 0.4) is 0 Å². The number of esters is 1. The van der Waals surface area contributed by atoms with Crippen molar-refractivity contribution in [2.24, 2.45) is 11.3 Å². The number of halogens is 1. The zero-order valence-corrected chi connectivity index (χ0v) is 19.4. The second kappa shape index (κ2) is 11.4. The van der Waals surface area contributed by atoms with Gasteiger partial charge in [0.25, 0.3) is 0 Å². The van der Waals surface area contributed by atoms with Crippen LogP contribution in [0, 0.1) is 11.3 Å². The molecular weight excluding hydrogens is 420 g/mol. The molecule has 3 N–H and O–H groups in total. The maximum Gasteiger partial charge on any atom is 0.319 e. The van der Waals surface area contributed by atoms with Gasteiger partial charge in [-0.05, 0) is 43.2 Å². The van der Waals surface area contributed by atoms with E-state index < -0.39 is 29.5 Å². The van der Waals surface area contributed by atoms with Crippen molar-refractivity contribution in [3.8, 4) is 0 Å². The summed E-state index contributed by atoms with van der Waals surface area (Å²) in [6, 6.07) is 1.43. The maximum absolute atomic E-state index is 13.6. The molecule has 1 unspecified atom stereocenters. The Balaban J connectivity index is 2.16. The van der Waals surface area contributed by atoms with Gasteiger partial charge >= 0.3 is 12.0 Å². The number of nitrogens with one attached hydrogen (secondary N) is 3. The average molecular weight is 453 g/mol. The number of Topliss-reactive ketones (excluding diaryl/α,β-unsaturated/α-hetero) is 1. The molecule has 1 aromatic heterocycles. The Morgan fingerprint density at radius 2 is 1.94 bits per heavy atom. The van der Waals surface area contributed by atoms with E-state index in [-0.39, 0.29) is 30.0 Å². The van der Waals surface area contributed by atoms with E-state index in [1.807, 2.05) is 20.8 Å². The first kappa shape index (κ1) is 25.1. The minimum absolute atomic E-state index is 0.0465. The van der Waals surface area contributed by atoms with Crippen LogP contribution in [0.15, 0.2) is 18.3 Å². The number of urea groups is 1. The first-order valence-corrected chi connectivity index (χ1v) is 11.1. The Hall–Kier alpha value is -2.19. The fourth-order valence-electron chi connectivity index (χ4n) is 3.86. The number of rotatable bonds is 9. The van der Waals surface area contributed by atoms with Crippen LogP contribution >= 0.6 is 11.6 Å². The number of aromatic nitrogens is 1. The number of amides is 2. The molecule has 172 valence electrons. The van der Waals surface area contributed by atoms with Gasteiger partial charge in [0.15, 0.2) is 10.9 Å². The van der Waals surface area contributed by atoms with Crippen LogP contribution in [-0.2, 0) is 14.3 Å². The summed E-state index contributed by atoms with van der Waals surface area (Å²) in [5.74, 6) is -0.428. The van der Waals surface area contributed by atoms with Crippen LogP contribution in [0.5, 0.6) is 0 Å². The first-order chi connectivity index (χ1) is 14.6. The molecule has 2 amide bonds. The predicted molar refractivity (Wildman–Crippen MR) is 120 cm³/mol. The fraction of sp³-hybridized carbons (Fsp3) is 0.636. The molecule has 1 aromatic rings. The second-order valence-corrected chi connectivity index (χ2v) is 9.21. The van der Waals surface area contributed by atoms with E-state index in [1.165, 1.54) is 6.20 Å². The minimum Gasteiger partial charge on any atom is -0.465 e. The van der Waals surface area contributed by atoms with Crippen molar-refractivity contribution in [2.45, 2.75) is 65.5 Å². The Kier molecular flexibility index (Phi) is 9.25. The number of nitrogens with zero attached hydrogens (tertiary/aromatic N) is 1. The number of carbonyl (C=O) groups excluding carboxylic acids is 3. The summed E-state index contributed by atoms with van der Waals surface area (Å²) in [4.78, 5) is 42.1. The molecular formula is C22H33ClN4O4. The molecule has 0 spiro atoms. The number of carbonyl (C=O) groups is 3. The van der Waals surface area contributed by atoms with Crippen molar-refractivity contribution in [1.29, 1.82) is 0 Å². The number of hydrogen-bond acceptors (Lipinski definition) is 6. The third kappa shape index (κ3) is 7.47. The number of ketones is 1. The Morgan fingerprint density at radius 1 is 1.26 bits per heavy atom. The molecule has 0 aromatic carbocycles. The van der Waals surface area contributed by atoms with Crippen molar-refractivity contribution < 1.29 is 19.1 Å². The van der Waals surface area contributed by atoms with E-state index in [0.717, 1.165) is 25.7 Å². The van der Waals surface area contributed by atoms with Crippen molar-refractivity contribution >= 4 is 35.1 Å². The summed E-state index contributed by atoms with van der Waals surface area (Å²) >= 11 is 6.02. The quantitative estimate of drug-likeness (QED) is 0.390. The highest BCUT2D eigenvalue weighted by atomic mass is 35.5. The normalized spacial score (nSPS) is 16.4. The van der Waals surface area contributed by atoms with Gasteiger partial charge in [0.05, 0.1) is 30.9 Å². The standard InChI is InChI=1S/C22H33ClN4O4/c1-5-31-16(28)13-25-17(14-9-6-7-10-14)18(29)19(22(2,3)4)27-21(30)26-15-11-8-12-24-20(15)23/h8,11-12,14,17,19,25H,5-7,9-10,13H2,1-4H3,(H2,26,27,30)/t17?,19-/m1/s1. The van der Waals surface area contributed by atoms with Crippen LogP contribution in [0.4, 0.5) is 10.5 Å². The Bertz CT molecular complexity index is 775. The minimum atomic E-state index is -0.775. The van der Waals surface area contributed by atoms with Gasteiger partial charge in [-0.1, -0.05) is 45.2 Å². The molecule has 1 aliphatic carbocycles. The summed E-state index contributed by atoms with van der Waals surface area (Å²) in [6.07, 6.45) is 5.42. The number of anilines is 1. The summed E-state index contributed by atoms with van der Waals surface area (Å²) in [6.45, 7) is 7.66. The molecule has 0 bridgehead atoms. The van der Waals surface area contributed by atoms with E-state index in [2.05, 4.69) is 20.9 Å². The summed E-state index contributed by atoms with van der Waals surface area (Å²) in [5.41, 5.74) is -0.190. The Morgan fingerprint density at radius 3 is 2.52 bits per heavy atom. The van der Waals surface area contributed by atoms with Crippen LogP contribution < -0.4 is 16.0 Å². The third-order valence-corrected chi connectivity index (χ3v) is 5.68. The van der Waals surface area contributed by atoms with Gasteiger partial charge in [-0.25, -0.2) is 9.78 Å². The highest BCUT2D eigenvalue weighted by molar-refractivity contribution is 6.32. The van der Waals surface area contributed by atoms with Crippen molar-refractivity contribution in [2.75, 3.05) is 18.5 Å². The molecule has 0 aliphatic heterocycles. The lowest BCUT2D eigenvalue weighted by molar-refractivity contribution is -0.142. The Labute approximate surface area is 188 Å². The van der Waals surface area contributed by atoms with Crippen molar-refractivity contribution in [3.05, 3.63) is 23.5 Å². The molecule has 9 heteroatoms. The molecule has 0 radical (unpaired) electrons. The molecule has 2 atom stereocenters. The van der Waals surface area contributed by atoms with Gasteiger partial charge in [-0.2, -0.15) is 0 Å². The van der Waals surface area contributed by atoms with Gasteiger partial charge in [0, 0.05) is 6.20 Å². The fourth-order valence-corrected chi connectivity index (χ4v) is 4.02. The lowest BCUT2D eigenvalue weighted by Crippen LogP contribution is -2.58. The monoisotopic (exact) mass is 452 g/mol. The molecule has 2 rings (SSSR count). The molecule has 1 aliphatic rings. The van der Waals surface area contributed by atoms with E-state index in [9.17, 15) is 14.4 Å². The number of ether oxygens (including phenoxy) is 1. The predicted octanol–water partition coefficient (Wildman–Crippen LogP) is 3.55. The van der Waals surface area contributed by atoms with Gasteiger partial charge < -0.3 is 15.4 Å². The van der Waals surface area contributed by atoms with Crippen LogP contribution in [-0.4, -0.2) is 48.0 Å². The smallest absolute Gasteiger partial charge is 0.319 e.